The maximum atomic E-state index is 13.9. The number of rotatable bonds is 6. The Morgan fingerprint density at radius 3 is 2.58 bits per heavy atom. The molecular formula is C19H18F3N3O5S. The van der Waals surface area contributed by atoms with E-state index in [1.165, 1.54) is 13.0 Å². The fraction of sp³-hybridized carbons (Fsp3) is 0.368. The highest BCUT2D eigenvalue weighted by Crippen LogP contribution is 2.33. The van der Waals surface area contributed by atoms with Gasteiger partial charge in [0, 0.05) is 24.4 Å². The van der Waals surface area contributed by atoms with Gasteiger partial charge in [-0.1, -0.05) is 0 Å². The van der Waals surface area contributed by atoms with Crippen LogP contribution in [0.25, 0.3) is 0 Å². The van der Waals surface area contributed by atoms with Gasteiger partial charge in [0.2, 0.25) is 0 Å². The van der Waals surface area contributed by atoms with E-state index in [0.29, 0.717) is 0 Å². The highest BCUT2D eigenvalue weighted by atomic mass is 32.2. The number of nitrogens with zero attached hydrogens (tertiary/aromatic N) is 3. The number of β-amino-alcohol motifs (C(OH)–C–C–N with tert-alkyl or cyclic N) is 1. The lowest BCUT2D eigenvalue weighted by molar-refractivity contribution is -0.104. The topological polar surface area (TPSA) is 124 Å². The van der Waals surface area contributed by atoms with Crippen LogP contribution < -0.4 is 4.74 Å². The Kier molecular flexibility index (Phi) is 6.24. The molecule has 12 heteroatoms. The quantitative estimate of drug-likeness (QED) is 0.675. The molecule has 1 saturated heterocycles. The van der Waals surface area contributed by atoms with Crippen LogP contribution in [0.3, 0.4) is 0 Å². The number of aromatic nitrogens is 1. The summed E-state index contributed by atoms with van der Waals surface area (Å²) in [6.07, 6.45) is -4.81. The molecule has 1 aliphatic rings. The molecule has 3 rings (SSSR count). The molecule has 1 aromatic heterocycles. The van der Waals surface area contributed by atoms with Crippen molar-refractivity contribution in [1.29, 1.82) is 5.26 Å². The van der Waals surface area contributed by atoms with Gasteiger partial charge in [-0.3, -0.25) is 0 Å². The van der Waals surface area contributed by atoms with Crippen molar-refractivity contribution >= 4 is 10.0 Å². The van der Waals surface area contributed by atoms with Gasteiger partial charge in [0.05, 0.1) is 18.2 Å². The lowest BCUT2D eigenvalue weighted by Crippen LogP contribution is -2.53. The van der Waals surface area contributed by atoms with Crippen LogP contribution in [-0.4, -0.2) is 58.8 Å². The Labute approximate surface area is 176 Å². The minimum Gasteiger partial charge on any atom is -0.486 e. The van der Waals surface area contributed by atoms with Crippen molar-refractivity contribution in [2.75, 3.05) is 13.1 Å². The van der Waals surface area contributed by atoms with E-state index in [4.69, 9.17) is 10.00 Å². The third-order valence-electron chi connectivity index (χ3n) is 5.03. The summed E-state index contributed by atoms with van der Waals surface area (Å²) in [5, 5.41) is 29.3. The van der Waals surface area contributed by atoms with Crippen molar-refractivity contribution in [3.63, 3.8) is 0 Å². The van der Waals surface area contributed by atoms with E-state index >= 15 is 0 Å². The van der Waals surface area contributed by atoms with E-state index in [0.717, 1.165) is 34.8 Å². The Morgan fingerprint density at radius 1 is 1.35 bits per heavy atom. The number of sulfonamides is 1. The largest absolute Gasteiger partial charge is 0.486 e. The third-order valence-corrected chi connectivity index (χ3v) is 6.76. The zero-order valence-corrected chi connectivity index (χ0v) is 16.9. The molecule has 8 nitrogen and oxygen atoms in total. The summed E-state index contributed by atoms with van der Waals surface area (Å²) in [4.78, 5) is 3.57. The highest BCUT2D eigenvalue weighted by Gasteiger charge is 2.54. The van der Waals surface area contributed by atoms with Gasteiger partial charge in [0.15, 0.2) is 5.03 Å². The number of aliphatic hydroxyl groups excluding tert-OH is 1. The molecular weight excluding hydrogens is 439 g/mol. The first-order valence-corrected chi connectivity index (χ1v) is 10.4. The van der Waals surface area contributed by atoms with Gasteiger partial charge in [-0.2, -0.15) is 9.57 Å². The maximum Gasteiger partial charge on any atom is 0.265 e. The predicted molar refractivity (Wildman–Crippen MR) is 100 cm³/mol. The molecule has 2 N–H and O–H groups in total. The highest BCUT2D eigenvalue weighted by molar-refractivity contribution is 7.89. The summed E-state index contributed by atoms with van der Waals surface area (Å²) >= 11 is 0. The van der Waals surface area contributed by atoms with Gasteiger partial charge in [-0.05, 0) is 31.2 Å². The molecule has 0 spiro atoms. The first-order chi connectivity index (χ1) is 14.5. The van der Waals surface area contributed by atoms with Crippen LogP contribution in [0.5, 0.6) is 5.75 Å². The summed E-state index contributed by atoms with van der Waals surface area (Å²) in [5.41, 5.74) is -2.74. The number of ether oxygens (including phenoxy) is 1. The Balaban J connectivity index is 1.89. The average Bonchev–Trinajstić information content (AvgIpc) is 3.07. The minimum absolute atomic E-state index is 0.0840. The lowest BCUT2D eigenvalue weighted by Gasteiger charge is -2.31. The van der Waals surface area contributed by atoms with Crippen LogP contribution in [0.1, 0.15) is 24.5 Å². The van der Waals surface area contributed by atoms with Crippen LogP contribution in [0.15, 0.2) is 41.6 Å². The first kappa shape index (κ1) is 23.0. The molecule has 166 valence electrons. The Hall–Kier alpha value is -2.72. The van der Waals surface area contributed by atoms with E-state index in [2.05, 4.69) is 4.98 Å². The van der Waals surface area contributed by atoms with Crippen LogP contribution >= 0.6 is 0 Å². The van der Waals surface area contributed by atoms with Crippen LogP contribution in [0.2, 0.25) is 0 Å². The second-order valence-corrected chi connectivity index (χ2v) is 8.94. The second-order valence-electron chi connectivity index (χ2n) is 7.06. The monoisotopic (exact) mass is 457 g/mol. The number of hydrogen-bond donors (Lipinski definition) is 2. The van der Waals surface area contributed by atoms with E-state index < -0.39 is 63.8 Å². The molecule has 0 aliphatic carbocycles. The normalized spacial score (nSPS) is 23.0. The maximum absolute atomic E-state index is 13.9. The molecule has 0 amide bonds. The smallest absolute Gasteiger partial charge is 0.265 e. The van der Waals surface area contributed by atoms with Crippen LogP contribution in [0.4, 0.5) is 13.2 Å². The summed E-state index contributed by atoms with van der Waals surface area (Å²) < 4.78 is 71.4. The molecule has 3 atom stereocenters. The van der Waals surface area contributed by atoms with Crippen molar-refractivity contribution in [3.05, 3.63) is 53.5 Å². The van der Waals surface area contributed by atoms with E-state index in [9.17, 15) is 31.8 Å². The molecule has 0 saturated carbocycles. The van der Waals surface area contributed by atoms with E-state index in [-0.39, 0.29) is 11.3 Å². The Morgan fingerprint density at radius 2 is 2.06 bits per heavy atom. The number of hydrogen-bond acceptors (Lipinski definition) is 7. The summed E-state index contributed by atoms with van der Waals surface area (Å²) in [5.74, 6) is -0.953. The molecule has 31 heavy (non-hydrogen) atoms. The van der Waals surface area contributed by atoms with Crippen LogP contribution in [0, 0.1) is 17.1 Å². The van der Waals surface area contributed by atoms with Crippen molar-refractivity contribution in [2.45, 2.75) is 36.2 Å². The van der Waals surface area contributed by atoms with Gasteiger partial charge in [-0.15, -0.1) is 0 Å². The number of pyridine rings is 1. The van der Waals surface area contributed by atoms with Crippen molar-refractivity contribution < 1.29 is 36.5 Å². The zero-order valence-electron chi connectivity index (χ0n) is 16.1. The number of halogens is 3. The van der Waals surface area contributed by atoms with E-state index in [1.54, 1.807) is 6.07 Å². The second kappa shape index (κ2) is 8.43. The molecule has 1 aliphatic heterocycles. The van der Waals surface area contributed by atoms with Gasteiger partial charge < -0.3 is 14.9 Å². The van der Waals surface area contributed by atoms with Gasteiger partial charge in [-0.25, -0.2) is 26.6 Å². The van der Waals surface area contributed by atoms with E-state index in [1.807, 2.05) is 0 Å². The third kappa shape index (κ3) is 4.35. The zero-order chi connectivity index (χ0) is 23.0. The number of benzene rings is 1. The standard InChI is InChI=1S/C19H18F3N3O5S/c1-11(26)19(27)10-25(31(28,29)17-5-3-13(8-24-17)18(21)22)9-16(19)30-14-4-2-12(7-23)15(20)6-14/h2-6,8,11,16,18,26-27H,9-10H2,1H3/t11?,16-,19+/m0/s1. The van der Waals surface area contributed by atoms with Crippen molar-refractivity contribution in [1.82, 2.24) is 9.29 Å². The minimum atomic E-state index is -4.32. The van der Waals surface area contributed by atoms with Crippen molar-refractivity contribution in [2.24, 2.45) is 0 Å². The molecule has 0 bridgehead atoms. The molecule has 2 heterocycles. The molecule has 1 fully saturated rings. The summed E-state index contributed by atoms with van der Waals surface area (Å²) in [7, 11) is -4.32. The average molecular weight is 457 g/mol. The summed E-state index contributed by atoms with van der Waals surface area (Å²) in [6.45, 7) is 0.236. The molecule has 0 radical (unpaired) electrons. The molecule has 2 aromatic rings. The van der Waals surface area contributed by atoms with Gasteiger partial charge >= 0.3 is 0 Å². The number of alkyl halides is 2. The molecule has 1 aromatic carbocycles. The Bertz CT molecular complexity index is 1110. The van der Waals surface area contributed by atoms with Gasteiger partial charge in [0.1, 0.15) is 29.3 Å². The fourth-order valence-electron chi connectivity index (χ4n) is 3.15. The molecule has 1 unspecified atom stereocenters. The number of aliphatic hydroxyl groups is 2. The fourth-order valence-corrected chi connectivity index (χ4v) is 4.54. The lowest BCUT2D eigenvalue weighted by atomic mass is 9.94. The SMILES string of the molecule is CC(O)[C@]1(O)CN(S(=O)(=O)c2ccc(C(F)F)cn2)C[C@@H]1Oc1ccc(C#N)c(F)c1. The predicted octanol–water partition coefficient (Wildman–Crippen LogP) is 1.59. The first-order valence-electron chi connectivity index (χ1n) is 9.00. The number of nitriles is 1. The summed E-state index contributed by atoms with van der Waals surface area (Å²) in [6, 6.07) is 6.82. The van der Waals surface area contributed by atoms with Gasteiger partial charge in [0.25, 0.3) is 16.4 Å². The van der Waals surface area contributed by atoms with Crippen LogP contribution in [-0.2, 0) is 10.0 Å². The van der Waals surface area contributed by atoms with Crippen molar-refractivity contribution in [3.8, 4) is 11.8 Å².